The lowest BCUT2D eigenvalue weighted by Crippen LogP contribution is -2.42. The van der Waals surface area contributed by atoms with Crippen LogP contribution < -0.4 is 5.32 Å². The number of hydrogen-bond donors (Lipinski definition) is 2. The molecule has 0 saturated heterocycles. The van der Waals surface area contributed by atoms with Gasteiger partial charge in [0.25, 0.3) is 0 Å². The molecule has 17 heavy (non-hydrogen) atoms. The maximum absolute atomic E-state index is 11.7. The third-order valence-corrected chi connectivity index (χ3v) is 1.37. The van der Waals surface area contributed by atoms with Gasteiger partial charge in [-0.3, -0.25) is 4.79 Å². The fraction of sp³-hybridized carbons (Fsp3) is 0.857. The third kappa shape index (κ3) is 8.74. The van der Waals surface area contributed by atoms with Crippen LogP contribution in [0.25, 0.3) is 0 Å². The molecule has 0 spiro atoms. The van der Waals surface area contributed by atoms with Crippen LogP contribution in [-0.2, 0) is 9.53 Å². The molecule has 0 aromatic carbocycles. The highest BCUT2D eigenvalue weighted by Gasteiger charge is 2.38. The van der Waals surface area contributed by atoms with Gasteiger partial charge < -0.3 is 15.2 Å². The second-order valence-corrected chi connectivity index (χ2v) is 2.97. The summed E-state index contributed by atoms with van der Waals surface area (Å²) in [6, 6.07) is 0. The number of carbonyl (C=O) groups is 1. The van der Waals surface area contributed by atoms with E-state index in [1.165, 1.54) is 0 Å². The van der Waals surface area contributed by atoms with Gasteiger partial charge in [-0.05, 0) is 0 Å². The Morgan fingerprint density at radius 2 is 1.76 bits per heavy atom. The predicted octanol–water partition coefficient (Wildman–Crippen LogP) is 0.605. The van der Waals surface area contributed by atoms with Crippen molar-refractivity contribution in [1.82, 2.24) is 5.32 Å². The number of aliphatic hydroxyl groups excluding tert-OH is 1. The van der Waals surface area contributed by atoms with Crippen LogP contribution in [0.3, 0.4) is 0 Å². The summed E-state index contributed by atoms with van der Waals surface area (Å²) in [4.78, 5) is 10.7. The first-order valence-electron chi connectivity index (χ1n) is 4.18. The molecule has 10 heteroatoms. The molecular weight excluding hydrogens is 260 g/mol. The zero-order valence-electron chi connectivity index (χ0n) is 8.23. The monoisotopic (exact) mass is 269 g/mol. The Balaban J connectivity index is 3.75. The van der Waals surface area contributed by atoms with Crippen LogP contribution >= 0.6 is 0 Å². The van der Waals surface area contributed by atoms with Crippen LogP contribution in [0.15, 0.2) is 0 Å². The Kier molecular flexibility index (Phi) is 5.69. The minimum Gasteiger partial charge on any atom is -0.382 e. The quantitative estimate of drug-likeness (QED) is 0.719. The van der Waals surface area contributed by atoms with Gasteiger partial charge in [-0.25, -0.2) is 0 Å². The molecule has 0 aromatic rings. The fourth-order valence-electron chi connectivity index (χ4n) is 0.637. The average Bonchev–Trinajstić information content (AvgIpc) is 2.10. The van der Waals surface area contributed by atoms with Crippen molar-refractivity contribution >= 4 is 5.91 Å². The largest absolute Gasteiger partial charge is 0.416 e. The van der Waals surface area contributed by atoms with Gasteiger partial charge >= 0.3 is 12.4 Å². The lowest BCUT2D eigenvalue weighted by Gasteiger charge is -2.15. The lowest BCUT2D eigenvalue weighted by atomic mass is 10.3. The highest BCUT2D eigenvalue weighted by atomic mass is 19.4. The molecule has 0 aliphatic heterocycles. The zero-order chi connectivity index (χ0) is 13.7. The van der Waals surface area contributed by atoms with E-state index in [9.17, 15) is 31.1 Å². The molecule has 0 radical (unpaired) electrons. The average molecular weight is 269 g/mol. The van der Waals surface area contributed by atoms with Crippen LogP contribution in [0.2, 0.25) is 0 Å². The molecular formula is C7H9F6NO3. The molecule has 1 amide bonds. The molecule has 102 valence electrons. The van der Waals surface area contributed by atoms with Gasteiger partial charge in [-0.1, -0.05) is 0 Å². The second kappa shape index (κ2) is 6.05. The van der Waals surface area contributed by atoms with Crippen molar-refractivity contribution in [3.05, 3.63) is 0 Å². The van der Waals surface area contributed by atoms with Crippen LogP contribution in [-0.4, -0.2) is 49.2 Å². The summed E-state index contributed by atoms with van der Waals surface area (Å²) in [6.07, 6.45) is -12.3. The van der Waals surface area contributed by atoms with Crippen molar-refractivity contribution in [2.75, 3.05) is 19.8 Å². The van der Waals surface area contributed by atoms with Gasteiger partial charge in [-0.15, -0.1) is 0 Å². The number of halogens is 6. The first-order chi connectivity index (χ1) is 7.52. The number of nitrogens with one attached hydrogen (secondary N) is 1. The highest BCUT2D eigenvalue weighted by Crippen LogP contribution is 2.19. The van der Waals surface area contributed by atoms with E-state index in [4.69, 9.17) is 5.11 Å². The van der Waals surface area contributed by atoms with Crippen LogP contribution in [0.1, 0.15) is 0 Å². The summed E-state index contributed by atoms with van der Waals surface area (Å²) in [5.74, 6) is -1.18. The molecule has 0 aliphatic rings. The van der Waals surface area contributed by atoms with E-state index in [0.717, 1.165) is 0 Å². The fourth-order valence-corrected chi connectivity index (χ4v) is 0.637. The first kappa shape index (κ1) is 16.0. The van der Waals surface area contributed by atoms with Gasteiger partial charge in [0.05, 0.1) is 6.54 Å². The van der Waals surface area contributed by atoms with E-state index < -0.39 is 44.1 Å². The van der Waals surface area contributed by atoms with Gasteiger partial charge in [0.2, 0.25) is 5.91 Å². The SMILES string of the molecule is O=C(COCC(F)(F)F)NCC(O)C(F)(F)F. The van der Waals surface area contributed by atoms with E-state index in [2.05, 4.69) is 4.74 Å². The summed E-state index contributed by atoms with van der Waals surface area (Å²) in [6.45, 7) is -3.86. The standard InChI is InChI=1S/C7H9F6NO3/c8-6(9,10)3-17-2-5(16)14-1-4(15)7(11,12)13/h4,15H,1-3H2,(H,14,16). The molecule has 0 aliphatic carbocycles. The molecule has 0 fully saturated rings. The van der Waals surface area contributed by atoms with Crippen LogP contribution in [0.4, 0.5) is 26.3 Å². The third-order valence-electron chi connectivity index (χ3n) is 1.37. The van der Waals surface area contributed by atoms with E-state index in [1.54, 1.807) is 5.32 Å². The lowest BCUT2D eigenvalue weighted by molar-refractivity contribution is -0.202. The Morgan fingerprint density at radius 1 is 1.24 bits per heavy atom. The van der Waals surface area contributed by atoms with Crippen LogP contribution in [0.5, 0.6) is 0 Å². The maximum atomic E-state index is 11.7. The maximum Gasteiger partial charge on any atom is 0.416 e. The van der Waals surface area contributed by atoms with Gasteiger partial charge in [0, 0.05) is 0 Å². The number of hydrogen-bond acceptors (Lipinski definition) is 3. The Hall–Kier alpha value is -1.03. The van der Waals surface area contributed by atoms with E-state index >= 15 is 0 Å². The molecule has 0 aromatic heterocycles. The van der Waals surface area contributed by atoms with Crippen molar-refractivity contribution < 1.29 is 41.0 Å². The molecule has 2 N–H and O–H groups in total. The number of carbonyl (C=O) groups excluding carboxylic acids is 1. The molecule has 1 atom stereocenters. The van der Waals surface area contributed by atoms with Crippen molar-refractivity contribution in [2.45, 2.75) is 18.5 Å². The molecule has 0 saturated carbocycles. The number of rotatable bonds is 5. The minimum absolute atomic E-state index is 1.04. The number of amides is 1. The molecule has 0 heterocycles. The van der Waals surface area contributed by atoms with Crippen molar-refractivity contribution in [3.8, 4) is 0 Å². The molecule has 0 rings (SSSR count). The van der Waals surface area contributed by atoms with Gasteiger partial charge in [-0.2, -0.15) is 26.3 Å². The molecule has 4 nitrogen and oxygen atoms in total. The molecule has 0 bridgehead atoms. The van der Waals surface area contributed by atoms with E-state index in [-0.39, 0.29) is 0 Å². The number of aliphatic hydroxyl groups is 1. The van der Waals surface area contributed by atoms with Crippen molar-refractivity contribution in [3.63, 3.8) is 0 Å². The summed E-state index contributed by atoms with van der Waals surface area (Å²) in [5, 5.41) is 10.0. The number of ether oxygens (including phenoxy) is 1. The van der Waals surface area contributed by atoms with Crippen molar-refractivity contribution in [2.24, 2.45) is 0 Å². The Bertz CT molecular complexity index is 251. The number of alkyl halides is 6. The zero-order valence-corrected chi connectivity index (χ0v) is 8.23. The van der Waals surface area contributed by atoms with Crippen LogP contribution in [0, 0.1) is 0 Å². The Labute approximate surface area is 91.5 Å². The molecule has 1 unspecified atom stereocenters. The normalized spacial score (nSPS) is 14.5. The highest BCUT2D eigenvalue weighted by molar-refractivity contribution is 5.77. The summed E-state index contributed by atoms with van der Waals surface area (Å²) >= 11 is 0. The van der Waals surface area contributed by atoms with E-state index in [1.807, 2.05) is 0 Å². The second-order valence-electron chi connectivity index (χ2n) is 2.97. The van der Waals surface area contributed by atoms with Crippen molar-refractivity contribution in [1.29, 1.82) is 0 Å². The minimum atomic E-state index is -4.90. The van der Waals surface area contributed by atoms with Gasteiger partial charge in [0.15, 0.2) is 6.10 Å². The summed E-state index contributed by atoms with van der Waals surface area (Å²) in [7, 11) is 0. The first-order valence-corrected chi connectivity index (χ1v) is 4.18. The smallest absolute Gasteiger partial charge is 0.382 e. The van der Waals surface area contributed by atoms with Gasteiger partial charge in [0.1, 0.15) is 13.2 Å². The topological polar surface area (TPSA) is 58.6 Å². The van der Waals surface area contributed by atoms with E-state index in [0.29, 0.717) is 0 Å². The summed E-state index contributed by atoms with van der Waals surface area (Å²) in [5.41, 5.74) is 0. The Morgan fingerprint density at radius 3 is 2.18 bits per heavy atom. The predicted molar refractivity (Wildman–Crippen MR) is 41.9 cm³/mol. The summed E-state index contributed by atoms with van der Waals surface area (Å²) < 4.78 is 73.7.